The van der Waals surface area contributed by atoms with Crippen LogP contribution in [0, 0.1) is 5.82 Å². The van der Waals surface area contributed by atoms with Gasteiger partial charge >= 0.3 is 0 Å². The van der Waals surface area contributed by atoms with Gasteiger partial charge in [-0.15, -0.1) is 0 Å². The zero-order chi connectivity index (χ0) is 11.9. The maximum absolute atomic E-state index is 13.0. The molecule has 1 spiro atoms. The minimum atomic E-state index is -0.147. The van der Waals surface area contributed by atoms with E-state index in [1.807, 2.05) is 12.1 Å². The fraction of sp³-hybridized carbons (Fsp3) is 0.571. The number of anilines is 1. The van der Waals surface area contributed by atoms with Crippen LogP contribution in [0.15, 0.2) is 24.3 Å². The highest BCUT2D eigenvalue weighted by molar-refractivity contribution is 5.52. The first kappa shape index (κ1) is 11.0. The van der Waals surface area contributed by atoms with Crippen LogP contribution in [-0.2, 0) is 0 Å². The van der Waals surface area contributed by atoms with Crippen LogP contribution in [0.25, 0.3) is 0 Å². The zero-order valence-corrected chi connectivity index (χ0v) is 10.3. The third-order valence-electron chi connectivity index (χ3n) is 4.14. The molecule has 3 rings (SSSR count). The second-order valence-electron chi connectivity index (χ2n) is 5.22. The largest absolute Gasteiger partial charge is 0.363 e. The summed E-state index contributed by atoms with van der Waals surface area (Å²) in [5, 5.41) is 0. The molecule has 0 N–H and O–H groups in total. The van der Waals surface area contributed by atoms with E-state index in [4.69, 9.17) is 0 Å². The monoisotopic (exact) mass is 234 g/mol. The van der Waals surface area contributed by atoms with E-state index < -0.39 is 0 Å². The smallest absolute Gasteiger partial charge is 0.123 e. The van der Waals surface area contributed by atoms with Gasteiger partial charge in [-0.3, -0.25) is 4.90 Å². The molecular formula is C14H19FN2. The van der Waals surface area contributed by atoms with Crippen molar-refractivity contribution in [3.63, 3.8) is 0 Å². The van der Waals surface area contributed by atoms with E-state index in [1.165, 1.54) is 25.1 Å². The lowest BCUT2D eigenvalue weighted by atomic mass is 10.1. The Balaban J connectivity index is 1.82. The van der Waals surface area contributed by atoms with Crippen LogP contribution in [0.5, 0.6) is 0 Å². The molecule has 1 aliphatic carbocycles. The van der Waals surface area contributed by atoms with E-state index in [9.17, 15) is 4.39 Å². The van der Waals surface area contributed by atoms with Crippen LogP contribution in [-0.4, -0.2) is 36.6 Å². The van der Waals surface area contributed by atoms with Crippen molar-refractivity contribution >= 4 is 5.69 Å². The minimum absolute atomic E-state index is 0.147. The highest BCUT2D eigenvalue weighted by Crippen LogP contribution is 2.46. The molecule has 2 nitrogen and oxygen atoms in total. The number of hydrogen-bond acceptors (Lipinski definition) is 2. The number of hydrogen-bond donors (Lipinski definition) is 0. The Morgan fingerprint density at radius 3 is 2.47 bits per heavy atom. The van der Waals surface area contributed by atoms with E-state index in [0.717, 1.165) is 19.6 Å². The first-order chi connectivity index (χ1) is 8.23. The standard InChI is InChI=1S/C14H19FN2/c1-2-16-9-10-17(14(11-16)7-8-14)13-5-3-12(15)4-6-13/h3-6H,2,7-11H2,1H3. The van der Waals surface area contributed by atoms with Crippen molar-refractivity contribution in [2.24, 2.45) is 0 Å². The summed E-state index contributed by atoms with van der Waals surface area (Å²) >= 11 is 0. The zero-order valence-electron chi connectivity index (χ0n) is 10.3. The van der Waals surface area contributed by atoms with Gasteiger partial charge in [-0.05, 0) is 43.7 Å². The van der Waals surface area contributed by atoms with Crippen molar-refractivity contribution < 1.29 is 4.39 Å². The summed E-state index contributed by atoms with van der Waals surface area (Å²) in [4.78, 5) is 5.01. The van der Waals surface area contributed by atoms with Gasteiger partial charge in [0.1, 0.15) is 5.82 Å². The third-order valence-corrected chi connectivity index (χ3v) is 4.14. The van der Waals surface area contributed by atoms with Crippen LogP contribution < -0.4 is 4.90 Å². The molecule has 1 heterocycles. The Hall–Kier alpha value is -1.09. The first-order valence-electron chi connectivity index (χ1n) is 6.49. The molecule has 1 aromatic carbocycles. The molecule has 0 aromatic heterocycles. The van der Waals surface area contributed by atoms with Crippen molar-refractivity contribution in [2.75, 3.05) is 31.1 Å². The molecule has 17 heavy (non-hydrogen) atoms. The van der Waals surface area contributed by atoms with Crippen molar-refractivity contribution in [2.45, 2.75) is 25.3 Å². The Labute approximate surface area is 102 Å². The van der Waals surface area contributed by atoms with Gasteiger partial charge < -0.3 is 4.90 Å². The van der Waals surface area contributed by atoms with Gasteiger partial charge in [0, 0.05) is 25.3 Å². The predicted octanol–water partition coefficient (Wildman–Crippen LogP) is 2.50. The van der Waals surface area contributed by atoms with Gasteiger partial charge in [0.15, 0.2) is 0 Å². The number of benzene rings is 1. The lowest BCUT2D eigenvalue weighted by molar-refractivity contribution is 0.223. The van der Waals surface area contributed by atoms with Crippen LogP contribution >= 0.6 is 0 Å². The highest BCUT2D eigenvalue weighted by atomic mass is 19.1. The first-order valence-corrected chi connectivity index (χ1v) is 6.49. The number of likely N-dealkylation sites (N-methyl/N-ethyl adjacent to an activating group) is 1. The molecule has 0 amide bonds. The molecule has 0 bridgehead atoms. The summed E-state index contributed by atoms with van der Waals surface area (Å²) in [6, 6.07) is 6.96. The number of nitrogens with zero attached hydrogens (tertiary/aromatic N) is 2. The van der Waals surface area contributed by atoms with Gasteiger partial charge in [0.25, 0.3) is 0 Å². The van der Waals surface area contributed by atoms with Gasteiger partial charge in [0.05, 0.1) is 5.54 Å². The second-order valence-corrected chi connectivity index (χ2v) is 5.22. The maximum Gasteiger partial charge on any atom is 0.123 e. The van der Waals surface area contributed by atoms with E-state index in [0.29, 0.717) is 5.54 Å². The molecule has 1 saturated heterocycles. The topological polar surface area (TPSA) is 6.48 Å². The van der Waals surface area contributed by atoms with E-state index >= 15 is 0 Å². The molecule has 3 heteroatoms. The van der Waals surface area contributed by atoms with Gasteiger partial charge in [-0.1, -0.05) is 6.92 Å². The van der Waals surface area contributed by atoms with Gasteiger partial charge in [0.2, 0.25) is 0 Å². The molecule has 1 aromatic rings. The predicted molar refractivity (Wildman–Crippen MR) is 67.8 cm³/mol. The fourth-order valence-corrected chi connectivity index (χ4v) is 2.93. The Kier molecular flexibility index (Phi) is 2.58. The van der Waals surface area contributed by atoms with E-state index in [1.54, 1.807) is 12.1 Å². The van der Waals surface area contributed by atoms with Gasteiger partial charge in [-0.25, -0.2) is 4.39 Å². The molecule has 0 atom stereocenters. The van der Waals surface area contributed by atoms with Crippen LogP contribution in [0.3, 0.4) is 0 Å². The average Bonchev–Trinajstić information content (AvgIpc) is 3.11. The van der Waals surface area contributed by atoms with Crippen molar-refractivity contribution in [1.82, 2.24) is 4.90 Å². The van der Waals surface area contributed by atoms with Crippen LogP contribution in [0.1, 0.15) is 19.8 Å². The molecule has 0 unspecified atom stereocenters. The summed E-state index contributed by atoms with van der Waals surface area (Å²) in [6.07, 6.45) is 2.56. The van der Waals surface area contributed by atoms with Crippen molar-refractivity contribution in [3.05, 3.63) is 30.1 Å². The molecule has 2 aliphatic rings. The number of rotatable bonds is 2. The van der Waals surface area contributed by atoms with Crippen LogP contribution in [0.2, 0.25) is 0 Å². The number of piperazine rings is 1. The Morgan fingerprint density at radius 2 is 1.88 bits per heavy atom. The average molecular weight is 234 g/mol. The summed E-state index contributed by atoms with van der Waals surface area (Å²) < 4.78 is 13.0. The Bertz CT molecular complexity index is 397. The number of halogens is 1. The molecule has 2 fully saturated rings. The maximum atomic E-state index is 13.0. The Morgan fingerprint density at radius 1 is 1.18 bits per heavy atom. The molecule has 1 aliphatic heterocycles. The molecule has 92 valence electrons. The van der Waals surface area contributed by atoms with Crippen molar-refractivity contribution in [3.8, 4) is 0 Å². The van der Waals surface area contributed by atoms with E-state index in [2.05, 4.69) is 16.7 Å². The summed E-state index contributed by atoms with van der Waals surface area (Å²) in [5.41, 5.74) is 1.53. The highest BCUT2D eigenvalue weighted by Gasteiger charge is 2.50. The summed E-state index contributed by atoms with van der Waals surface area (Å²) in [7, 11) is 0. The minimum Gasteiger partial charge on any atom is -0.363 e. The lowest BCUT2D eigenvalue weighted by Gasteiger charge is -2.43. The molecule has 1 saturated carbocycles. The molecular weight excluding hydrogens is 215 g/mol. The second kappa shape index (κ2) is 3.98. The van der Waals surface area contributed by atoms with Crippen molar-refractivity contribution in [1.29, 1.82) is 0 Å². The summed E-state index contributed by atoms with van der Waals surface area (Å²) in [6.45, 7) is 6.72. The quantitative estimate of drug-likeness (QED) is 0.775. The lowest BCUT2D eigenvalue weighted by Crippen LogP contribution is -2.55. The normalized spacial score (nSPS) is 23.1. The SMILES string of the molecule is CCN1CCN(c2ccc(F)cc2)C2(CC2)C1. The third kappa shape index (κ3) is 1.93. The van der Waals surface area contributed by atoms with E-state index in [-0.39, 0.29) is 5.82 Å². The fourth-order valence-electron chi connectivity index (χ4n) is 2.93. The summed E-state index contributed by atoms with van der Waals surface area (Å²) in [5.74, 6) is -0.147. The molecule has 0 radical (unpaired) electrons. The van der Waals surface area contributed by atoms with Crippen LogP contribution in [0.4, 0.5) is 10.1 Å². The van der Waals surface area contributed by atoms with Gasteiger partial charge in [-0.2, -0.15) is 0 Å².